The predicted molar refractivity (Wildman–Crippen MR) is 65.5 cm³/mol. The molecule has 1 saturated carbocycles. The van der Waals surface area contributed by atoms with Gasteiger partial charge in [0, 0.05) is 18.8 Å². The number of aryl methyl sites for hydroxylation is 1. The number of amides is 1. The van der Waals surface area contributed by atoms with E-state index < -0.39 is 0 Å². The van der Waals surface area contributed by atoms with E-state index in [1.165, 1.54) is 6.33 Å². The lowest BCUT2D eigenvalue weighted by Crippen LogP contribution is -2.42. The van der Waals surface area contributed by atoms with E-state index in [0.717, 1.165) is 30.2 Å². The zero-order chi connectivity index (χ0) is 12.3. The number of nitrogens with zero attached hydrogens (tertiary/aromatic N) is 3. The van der Waals surface area contributed by atoms with Crippen LogP contribution in [0, 0.1) is 0 Å². The van der Waals surface area contributed by atoms with Crippen molar-refractivity contribution in [1.29, 1.82) is 0 Å². The molecule has 0 saturated heterocycles. The smallest absolute Gasteiger partial charge is 0.234 e. The van der Waals surface area contributed by atoms with Crippen LogP contribution in [0.5, 0.6) is 0 Å². The van der Waals surface area contributed by atoms with E-state index in [0.29, 0.717) is 6.04 Å². The van der Waals surface area contributed by atoms with Crippen LogP contribution < -0.4 is 11.1 Å². The van der Waals surface area contributed by atoms with Gasteiger partial charge in [-0.2, -0.15) is 5.10 Å². The van der Waals surface area contributed by atoms with Crippen molar-refractivity contribution in [2.75, 3.05) is 5.75 Å². The Kier molecular flexibility index (Phi) is 4.01. The summed E-state index contributed by atoms with van der Waals surface area (Å²) in [7, 11) is 1.85. The van der Waals surface area contributed by atoms with E-state index in [1.54, 1.807) is 16.4 Å². The Hall–Kier alpha value is -1.08. The molecule has 94 valence electrons. The van der Waals surface area contributed by atoms with Gasteiger partial charge in [-0.25, -0.2) is 9.67 Å². The minimum Gasteiger partial charge on any atom is -0.368 e. The Bertz CT molecular complexity index is 390. The largest absolute Gasteiger partial charge is 0.368 e. The highest BCUT2D eigenvalue weighted by Crippen LogP contribution is 2.21. The lowest BCUT2D eigenvalue weighted by molar-refractivity contribution is -0.120. The number of nitrogens with two attached hydrogens (primary N) is 1. The summed E-state index contributed by atoms with van der Waals surface area (Å²) < 4.78 is 1.72. The van der Waals surface area contributed by atoms with E-state index in [4.69, 9.17) is 5.73 Å². The van der Waals surface area contributed by atoms with Gasteiger partial charge in [0.05, 0.1) is 6.04 Å². The second-order valence-electron chi connectivity index (χ2n) is 4.20. The average Bonchev–Trinajstić information content (AvgIpc) is 3.01. The Morgan fingerprint density at radius 2 is 2.53 bits per heavy atom. The molecule has 0 bridgehead atoms. The van der Waals surface area contributed by atoms with Gasteiger partial charge in [-0.3, -0.25) is 4.79 Å². The molecule has 6 nitrogen and oxygen atoms in total. The zero-order valence-corrected chi connectivity index (χ0v) is 10.6. The highest BCUT2D eigenvalue weighted by atomic mass is 32.2. The first-order valence-electron chi connectivity index (χ1n) is 5.69. The molecule has 3 N–H and O–H groups in total. The van der Waals surface area contributed by atoms with Crippen molar-refractivity contribution in [2.45, 2.75) is 36.5 Å². The van der Waals surface area contributed by atoms with Gasteiger partial charge in [-0.05, 0) is 19.3 Å². The van der Waals surface area contributed by atoms with Gasteiger partial charge in [0.1, 0.15) is 6.33 Å². The van der Waals surface area contributed by atoms with Crippen LogP contribution in [0.3, 0.4) is 0 Å². The zero-order valence-electron chi connectivity index (χ0n) is 9.80. The molecule has 1 aliphatic carbocycles. The molecule has 0 spiro atoms. The molecule has 0 aliphatic heterocycles. The van der Waals surface area contributed by atoms with E-state index >= 15 is 0 Å². The lowest BCUT2D eigenvalue weighted by Gasteiger charge is -2.14. The Balaban J connectivity index is 1.75. The maximum atomic E-state index is 11.2. The summed E-state index contributed by atoms with van der Waals surface area (Å²) in [5, 5.41) is 8.10. The summed E-state index contributed by atoms with van der Waals surface area (Å²) in [6.07, 6.45) is 4.56. The van der Waals surface area contributed by atoms with Crippen LogP contribution >= 0.6 is 11.8 Å². The predicted octanol–water partition coefficient (Wildman–Crippen LogP) is -0.0968. The number of carbonyl (C=O) groups excluding carboxylic acids is 1. The summed E-state index contributed by atoms with van der Waals surface area (Å²) >= 11 is 1.59. The van der Waals surface area contributed by atoms with Crippen LogP contribution in [0.2, 0.25) is 0 Å². The minimum atomic E-state index is -0.268. The van der Waals surface area contributed by atoms with Crippen molar-refractivity contribution in [3.8, 4) is 0 Å². The molecule has 1 fully saturated rings. The summed E-state index contributed by atoms with van der Waals surface area (Å²) in [4.78, 5) is 15.3. The van der Waals surface area contributed by atoms with Crippen molar-refractivity contribution in [3.05, 3.63) is 6.33 Å². The van der Waals surface area contributed by atoms with Gasteiger partial charge in [-0.15, -0.1) is 0 Å². The van der Waals surface area contributed by atoms with Gasteiger partial charge >= 0.3 is 0 Å². The molecule has 0 aromatic carbocycles. The molecule has 2 rings (SSSR count). The topological polar surface area (TPSA) is 85.8 Å². The van der Waals surface area contributed by atoms with Crippen LogP contribution in [-0.4, -0.2) is 38.5 Å². The summed E-state index contributed by atoms with van der Waals surface area (Å²) in [6.45, 7) is 0. The van der Waals surface area contributed by atoms with Crippen molar-refractivity contribution >= 4 is 17.7 Å². The van der Waals surface area contributed by atoms with Crippen LogP contribution in [-0.2, 0) is 11.8 Å². The SMILES string of the molecule is Cn1ncnc1SCCC(NC1CC1)C(N)=O. The number of hydrogen-bond donors (Lipinski definition) is 2. The van der Waals surface area contributed by atoms with Crippen molar-refractivity contribution in [2.24, 2.45) is 12.8 Å². The van der Waals surface area contributed by atoms with Gasteiger partial charge < -0.3 is 11.1 Å². The third-order valence-electron chi connectivity index (χ3n) is 2.67. The van der Waals surface area contributed by atoms with Crippen LogP contribution in [0.15, 0.2) is 11.5 Å². The summed E-state index contributed by atoms with van der Waals surface area (Å²) in [5.41, 5.74) is 5.36. The first-order valence-corrected chi connectivity index (χ1v) is 6.67. The number of hydrogen-bond acceptors (Lipinski definition) is 5. The van der Waals surface area contributed by atoms with E-state index in [-0.39, 0.29) is 11.9 Å². The molecule has 1 aromatic rings. The van der Waals surface area contributed by atoms with Gasteiger partial charge in [-0.1, -0.05) is 11.8 Å². The van der Waals surface area contributed by atoms with E-state index in [2.05, 4.69) is 15.4 Å². The Morgan fingerprint density at radius 3 is 3.06 bits per heavy atom. The van der Waals surface area contributed by atoms with Crippen molar-refractivity contribution in [3.63, 3.8) is 0 Å². The molecule has 1 unspecified atom stereocenters. The van der Waals surface area contributed by atoms with Gasteiger partial charge in [0.25, 0.3) is 0 Å². The third kappa shape index (κ3) is 3.71. The number of primary amides is 1. The molecule has 1 amide bonds. The molecule has 1 aliphatic rings. The second-order valence-corrected chi connectivity index (χ2v) is 5.26. The number of thioether (sulfide) groups is 1. The third-order valence-corrected chi connectivity index (χ3v) is 3.73. The summed E-state index contributed by atoms with van der Waals surface area (Å²) in [6, 6.07) is 0.274. The monoisotopic (exact) mass is 255 g/mol. The highest BCUT2D eigenvalue weighted by Gasteiger charge is 2.26. The van der Waals surface area contributed by atoms with E-state index in [9.17, 15) is 4.79 Å². The van der Waals surface area contributed by atoms with Crippen LogP contribution in [0.4, 0.5) is 0 Å². The Labute approximate surface area is 104 Å². The quantitative estimate of drug-likeness (QED) is 0.665. The molecule has 0 radical (unpaired) electrons. The summed E-state index contributed by atoms with van der Waals surface area (Å²) in [5.74, 6) is 0.537. The number of nitrogens with one attached hydrogen (secondary N) is 1. The standard InChI is InChI=1S/C10H17N5OS/c1-15-10(12-6-13-15)17-5-4-8(9(11)16)14-7-2-3-7/h6-8,14H,2-5H2,1H3,(H2,11,16). The maximum Gasteiger partial charge on any atom is 0.234 e. The first kappa shape index (κ1) is 12.4. The van der Waals surface area contributed by atoms with Crippen molar-refractivity contribution < 1.29 is 4.79 Å². The van der Waals surface area contributed by atoms with Gasteiger partial charge in [0.15, 0.2) is 5.16 Å². The molecular weight excluding hydrogens is 238 g/mol. The fourth-order valence-corrected chi connectivity index (χ4v) is 2.42. The first-order chi connectivity index (χ1) is 8.16. The lowest BCUT2D eigenvalue weighted by atomic mass is 10.2. The molecule has 1 aromatic heterocycles. The van der Waals surface area contributed by atoms with E-state index in [1.807, 2.05) is 7.05 Å². The second kappa shape index (κ2) is 5.50. The molecular formula is C10H17N5OS. The number of aromatic nitrogens is 3. The Morgan fingerprint density at radius 1 is 1.76 bits per heavy atom. The normalized spacial score (nSPS) is 17.0. The average molecular weight is 255 g/mol. The fourth-order valence-electron chi connectivity index (χ4n) is 1.53. The maximum absolute atomic E-state index is 11.2. The molecule has 1 heterocycles. The van der Waals surface area contributed by atoms with Crippen LogP contribution in [0.25, 0.3) is 0 Å². The van der Waals surface area contributed by atoms with Crippen molar-refractivity contribution in [1.82, 2.24) is 20.1 Å². The molecule has 1 atom stereocenters. The minimum absolute atomic E-state index is 0.219. The number of carbonyl (C=O) groups is 1. The highest BCUT2D eigenvalue weighted by molar-refractivity contribution is 7.99. The molecule has 7 heteroatoms. The van der Waals surface area contributed by atoms with Crippen LogP contribution in [0.1, 0.15) is 19.3 Å². The van der Waals surface area contributed by atoms with Gasteiger partial charge in [0.2, 0.25) is 5.91 Å². The molecule has 17 heavy (non-hydrogen) atoms. The fraction of sp³-hybridized carbons (Fsp3) is 0.700. The number of rotatable bonds is 7.